The number of nitrogen functional groups attached to an aromatic ring is 1. The average Bonchev–Trinajstić information content (AvgIpc) is 3.65. The third-order valence-corrected chi connectivity index (χ3v) is 11.1. The van der Waals surface area contributed by atoms with Gasteiger partial charge in [0.2, 0.25) is 5.88 Å². The lowest BCUT2D eigenvalue weighted by Crippen LogP contribution is -2.43. The Labute approximate surface area is 323 Å². The van der Waals surface area contributed by atoms with Crippen LogP contribution in [-0.4, -0.2) is 81.5 Å². The van der Waals surface area contributed by atoms with Crippen molar-refractivity contribution in [2.75, 3.05) is 55.9 Å². The topological polar surface area (TPSA) is 137 Å². The molecule has 4 aromatic heterocycles. The first-order valence-corrected chi connectivity index (χ1v) is 18.5. The monoisotopic (exact) mass is 795 g/mol. The van der Waals surface area contributed by atoms with E-state index in [0.717, 1.165) is 13.3 Å². The molecule has 0 unspecified atom stereocenters. The van der Waals surface area contributed by atoms with Gasteiger partial charge < -0.3 is 30.2 Å². The van der Waals surface area contributed by atoms with E-state index in [2.05, 4.69) is 25.3 Å². The standard InChI is InChI=1S/C39H39F6N9O3/c1-20-27(39(43,44)45)31(49-34(28(20)41)48-17-22-7-9-24(55-3)10-8-22)32-29(42)30-26-35(52-37(51-30)57-19-38-11-5-13-53(38)18-23(40)16-38)54(14-15-56-36(26)50-32)21(2)25-6-4-12-47-33(25)46/h4,6-10,12,21,23H,5,11,13-19H2,1-3H3,(H2,46,47)(H,48,49)/t21-,23-,38+/m1/s1. The molecule has 0 radical (unpaired) electrons. The third-order valence-electron chi connectivity index (χ3n) is 11.1. The number of hydrogen-bond donors (Lipinski definition) is 2. The van der Waals surface area contributed by atoms with Crippen LogP contribution in [0.4, 0.5) is 43.8 Å². The molecule has 8 rings (SSSR count). The van der Waals surface area contributed by atoms with Gasteiger partial charge in [-0.05, 0) is 57.0 Å². The van der Waals surface area contributed by atoms with Gasteiger partial charge in [-0.3, -0.25) is 4.90 Å². The number of halogens is 6. The minimum atomic E-state index is -5.18. The number of hydrogen-bond acceptors (Lipinski definition) is 12. The maximum Gasteiger partial charge on any atom is 0.418 e. The van der Waals surface area contributed by atoms with Gasteiger partial charge >= 0.3 is 12.2 Å². The van der Waals surface area contributed by atoms with Gasteiger partial charge in [-0.25, -0.2) is 28.1 Å². The lowest BCUT2D eigenvalue weighted by molar-refractivity contribution is -0.137. The molecule has 3 N–H and O–H groups in total. The Morgan fingerprint density at radius 3 is 2.58 bits per heavy atom. The van der Waals surface area contributed by atoms with E-state index in [9.17, 15) is 17.6 Å². The van der Waals surface area contributed by atoms with Gasteiger partial charge in [0, 0.05) is 36.8 Å². The number of nitrogens with two attached hydrogens (primary N) is 1. The predicted octanol–water partition coefficient (Wildman–Crippen LogP) is 7.21. The summed E-state index contributed by atoms with van der Waals surface area (Å²) in [6.45, 7) is 3.78. The molecule has 0 amide bonds. The van der Waals surface area contributed by atoms with Crippen molar-refractivity contribution in [3.63, 3.8) is 0 Å². The van der Waals surface area contributed by atoms with Crippen molar-refractivity contribution in [3.8, 4) is 29.0 Å². The Balaban J connectivity index is 1.29. The zero-order chi connectivity index (χ0) is 40.2. The number of benzene rings is 1. The van der Waals surface area contributed by atoms with Crippen LogP contribution in [0.15, 0.2) is 42.6 Å². The van der Waals surface area contributed by atoms with Crippen molar-refractivity contribution in [1.82, 2.24) is 29.8 Å². The molecule has 0 spiro atoms. The van der Waals surface area contributed by atoms with Crippen LogP contribution in [0, 0.1) is 18.6 Å². The summed E-state index contributed by atoms with van der Waals surface area (Å²) >= 11 is 0. The molecule has 300 valence electrons. The quantitative estimate of drug-likeness (QED) is 0.138. The Kier molecular flexibility index (Phi) is 9.86. The number of methoxy groups -OCH3 is 1. The summed E-state index contributed by atoms with van der Waals surface area (Å²) < 4.78 is 110. The molecular formula is C39H39F6N9O3. The van der Waals surface area contributed by atoms with Gasteiger partial charge in [-0.15, -0.1) is 0 Å². The van der Waals surface area contributed by atoms with Crippen LogP contribution in [0.3, 0.4) is 0 Å². The fraction of sp³-hybridized carbons (Fsp3) is 0.410. The highest BCUT2D eigenvalue weighted by Crippen LogP contribution is 2.46. The van der Waals surface area contributed by atoms with Gasteiger partial charge in [-0.2, -0.15) is 23.1 Å². The molecule has 3 atom stereocenters. The summed E-state index contributed by atoms with van der Waals surface area (Å²) in [5.74, 6) is -2.45. The Bertz CT molecular complexity index is 2330. The van der Waals surface area contributed by atoms with Crippen LogP contribution in [0.5, 0.6) is 17.6 Å². The molecule has 2 fully saturated rings. The van der Waals surface area contributed by atoms with E-state index in [0.29, 0.717) is 29.8 Å². The molecule has 3 aliphatic rings. The second kappa shape index (κ2) is 14.7. The SMILES string of the molecule is COc1ccc(CNc2nc(-c3nc4c5c(nc(OC[C@@]67CCCN6C[C@H](F)C7)nc5c3F)N([C@H](C)c3cccnc3N)CCO4)c(C(F)(F)F)c(C)c2F)cc1. The molecule has 0 bridgehead atoms. The lowest BCUT2D eigenvalue weighted by atomic mass is 9.95. The predicted molar refractivity (Wildman–Crippen MR) is 199 cm³/mol. The fourth-order valence-corrected chi connectivity index (χ4v) is 8.21. The normalized spacial score (nSPS) is 19.9. The number of pyridine rings is 3. The zero-order valence-electron chi connectivity index (χ0n) is 31.3. The summed E-state index contributed by atoms with van der Waals surface area (Å²) in [5, 5.41) is 2.71. The lowest BCUT2D eigenvalue weighted by Gasteiger charge is -2.32. The maximum atomic E-state index is 17.3. The number of aromatic nitrogens is 5. The van der Waals surface area contributed by atoms with Gasteiger partial charge in [0.1, 0.15) is 59.1 Å². The number of nitrogens with zero attached hydrogens (tertiary/aromatic N) is 7. The van der Waals surface area contributed by atoms with Gasteiger partial charge in [0.15, 0.2) is 17.5 Å². The zero-order valence-corrected chi connectivity index (χ0v) is 31.3. The molecule has 57 heavy (non-hydrogen) atoms. The molecule has 2 saturated heterocycles. The highest BCUT2D eigenvalue weighted by atomic mass is 19.4. The maximum absolute atomic E-state index is 17.3. The van der Waals surface area contributed by atoms with Crippen molar-refractivity contribution in [1.29, 1.82) is 0 Å². The van der Waals surface area contributed by atoms with Crippen molar-refractivity contribution >= 4 is 28.4 Å². The molecule has 7 heterocycles. The van der Waals surface area contributed by atoms with Gasteiger partial charge in [0.05, 0.1) is 30.8 Å². The number of rotatable bonds is 10. The van der Waals surface area contributed by atoms with Crippen LogP contribution < -0.4 is 30.2 Å². The van der Waals surface area contributed by atoms with E-state index in [4.69, 9.17) is 24.9 Å². The van der Waals surface area contributed by atoms with E-state index in [1.807, 2.05) is 11.8 Å². The molecule has 0 saturated carbocycles. The second-order valence-electron chi connectivity index (χ2n) is 14.5. The van der Waals surface area contributed by atoms with Crippen molar-refractivity contribution < 1.29 is 40.6 Å². The van der Waals surface area contributed by atoms with Crippen LogP contribution >= 0.6 is 0 Å². The third kappa shape index (κ3) is 6.93. The van der Waals surface area contributed by atoms with Crippen molar-refractivity contribution in [2.45, 2.75) is 63.6 Å². The highest BCUT2D eigenvalue weighted by molar-refractivity contribution is 5.97. The van der Waals surface area contributed by atoms with Crippen LogP contribution in [0.1, 0.15) is 54.5 Å². The first kappa shape index (κ1) is 38.2. The van der Waals surface area contributed by atoms with E-state index < -0.39 is 69.4 Å². The largest absolute Gasteiger partial charge is 0.497 e. The van der Waals surface area contributed by atoms with E-state index >= 15 is 8.78 Å². The first-order chi connectivity index (χ1) is 27.3. The van der Waals surface area contributed by atoms with Crippen LogP contribution in [-0.2, 0) is 12.7 Å². The van der Waals surface area contributed by atoms with Crippen LogP contribution in [0.2, 0.25) is 0 Å². The smallest absolute Gasteiger partial charge is 0.418 e. The number of fused-ring (bicyclic) bond motifs is 1. The summed E-state index contributed by atoms with van der Waals surface area (Å²) in [5.41, 5.74) is 2.26. The molecule has 1 aromatic carbocycles. The van der Waals surface area contributed by atoms with E-state index in [1.165, 1.54) is 7.11 Å². The van der Waals surface area contributed by atoms with E-state index in [-0.39, 0.29) is 68.2 Å². The number of ether oxygens (including phenoxy) is 3. The molecule has 18 heteroatoms. The van der Waals surface area contributed by atoms with E-state index in [1.54, 1.807) is 47.5 Å². The first-order valence-electron chi connectivity index (χ1n) is 18.5. The summed E-state index contributed by atoms with van der Waals surface area (Å²) in [4.78, 5) is 25.5. The molecule has 12 nitrogen and oxygen atoms in total. The summed E-state index contributed by atoms with van der Waals surface area (Å²) in [6, 6.07) is 9.39. The molecular weight excluding hydrogens is 756 g/mol. The second-order valence-corrected chi connectivity index (χ2v) is 14.5. The van der Waals surface area contributed by atoms with Crippen LogP contribution in [0.25, 0.3) is 22.3 Å². The van der Waals surface area contributed by atoms with Crippen molar-refractivity contribution in [2.24, 2.45) is 0 Å². The van der Waals surface area contributed by atoms with Gasteiger partial charge in [0.25, 0.3) is 0 Å². The average molecular weight is 796 g/mol. The molecule has 5 aromatic rings. The molecule has 0 aliphatic carbocycles. The van der Waals surface area contributed by atoms with Crippen molar-refractivity contribution in [3.05, 3.63) is 76.5 Å². The fourth-order valence-electron chi connectivity index (χ4n) is 8.21. The number of nitrogens with one attached hydrogen (secondary N) is 1. The van der Waals surface area contributed by atoms with Gasteiger partial charge in [-0.1, -0.05) is 18.2 Å². The summed E-state index contributed by atoms with van der Waals surface area (Å²) in [7, 11) is 1.50. The number of anilines is 3. The Hall–Kier alpha value is -5.65. The Morgan fingerprint density at radius 1 is 1.05 bits per heavy atom. The highest BCUT2D eigenvalue weighted by Gasteiger charge is 2.49. The molecule has 3 aliphatic heterocycles. The number of alkyl halides is 4. The minimum absolute atomic E-state index is 0.00739. The Morgan fingerprint density at radius 2 is 1.84 bits per heavy atom. The minimum Gasteiger partial charge on any atom is -0.497 e. The summed E-state index contributed by atoms with van der Waals surface area (Å²) in [6.07, 6.45) is -2.94.